The number of nitrogens with zero attached hydrogens (tertiary/aromatic N) is 3. The highest BCUT2D eigenvalue weighted by Gasteiger charge is 2.26. The highest BCUT2D eigenvalue weighted by molar-refractivity contribution is 8.12. The molecule has 1 aromatic heterocycles. The Balaban J connectivity index is 2.01. The van der Waals surface area contributed by atoms with Gasteiger partial charge in [-0.1, -0.05) is 17.8 Å². The number of benzene rings is 1. The maximum atomic E-state index is 11.8. The molecule has 3 rings (SSSR count). The smallest absolute Gasteiger partial charge is 0.251 e. The Bertz CT molecular complexity index is 798. The summed E-state index contributed by atoms with van der Waals surface area (Å²) in [6, 6.07) is 8.93. The number of aromatic nitrogens is 1. The van der Waals surface area contributed by atoms with Crippen molar-refractivity contribution in [3.63, 3.8) is 0 Å². The summed E-state index contributed by atoms with van der Waals surface area (Å²) in [5.41, 5.74) is 8.84. The van der Waals surface area contributed by atoms with Gasteiger partial charge in [-0.15, -0.1) is 0 Å². The fourth-order valence-electron chi connectivity index (χ4n) is 2.51. The fourth-order valence-corrected chi connectivity index (χ4v) is 3.10. The van der Waals surface area contributed by atoms with Crippen LogP contribution in [0.1, 0.15) is 29.1 Å². The highest BCUT2D eigenvalue weighted by atomic mass is 32.2. The number of ether oxygens (including phenoxy) is 2. The van der Waals surface area contributed by atoms with Crippen molar-refractivity contribution < 1.29 is 14.3 Å². The van der Waals surface area contributed by atoms with Crippen molar-refractivity contribution in [2.75, 3.05) is 18.0 Å². The number of methoxy groups -OCH3 is 1. The summed E-state index contributed by atoms with van der Waals surface area (Å²) < 4.78 is 11.6. The van der Waals surface area contributed by atoms with E-state index in [0.29, 0.717) is 28.6 Å². The number of rotatable bonds is 6. The molecule has 0 fully saturated rings. The predicted molar refractivity (Wildman–Crippen MR) is 98.2 cm³/mol. The van der Waals surface area contributed by atoms with Crippen LogP contribution >= 0.6 is 11.8 Å². The standard InChI is InChI=1S/C17H18N4O3S/c1-11(13-5-3-4-8-19-13)24-14-7-6-12(17(18)22)15(16(14)23-2)21-10-25-9-20-21/h3-9,11H,10H2,1-2H3,(H2,18,22). The molecule has 1 aliphatic heterocycles. The number of thioether (sulfide) groups is 1. The van der Waals surface area contributed by atoms with E-state index in [1.165, 1.54) is 18.9 Å². The molecule has 0 radical (unpaired) electrons. The van der Waals surface area contributed by atoms with Crippen LogP contribution in [-0.2, 0) is 0 Å². The van der Waals surface area contributed by atoms with Crippen LogP contribution in [0.4, 0.5) is 5.69 Å². The van der Waals surface area contributed by atoms with Gasteiger partial charge in [0.2, 0.25) is 0 Å². The van der Waals surface area contributed by atoms with Crippen LogP contribution in [-0.4, -0.2) is 29.4 Å². The maximum absolute atomic E-state index is 11.8. The van der Waals surface area contributed by atoms with E-state index in [-0.39, 0.29) is 6.10 Å². The lowest BCUT2D eigenvalue weighted by Gasteiger charge is -2.23. The lowest BCUT2D eigenvalue weighted by molar-refractivity contribution is 0.100. The Morgan fingerprint density at radius 3 is 2.80 bits per heavy atom. The largest absolute Gasteiger partial charge is 0.491 e. The molecule has 0 aliphatic carbocycles. The van der Waals surface area contributed by atoms with Gasteiger partial charge < -0.3 is 15.2 Å². The monoisotopic (exact) mass is 358 g/mol. The van der Waals surface area contributed by atoms with Gasteiger partial charge in [0.1, 0.15) is 11.8 Å². The second-order valence-electron chi connectivity index (χ2n) is 5.29. The molecule has 2 aromatic rings. The molecule has 0 saturated carbocycles. The van der Waals surface area contributed by atoms with Crippen LogP contribution in [0.15, 0.2) is 41.6 Å². The van der Waals surface area contributed by atoms with Crippen LogP contribution in [0, 0.1) is 0 Å². The highest BCUT2D eigenvalue weighted by Crippen LogP contribution is 2.43. The number of carbonyl (C=O) groups is 1. The van der Waals surface area contributed by atoms with Crippen LogP contribution in [0.5, 0.6) is 11.5 Å². The van der Waals surface area contributed by atoms with Gasteiger partial charge in [-0.3, -0.25) is 9.78 Å². The Kier molecular flexibility index (Phi) is 5.08. The lowest BCUT2D eigenvalue weighted by atomic mass is 10.1. The molecule has 0 spiro atoms. The Labute approximate surface area is 149 Å². The van der Waals surface area contributed by atoms with Crippen molar-refractivity contribution in [2.45, 2.75) is 13.0 Å². The van der Waals surface area contributed by atoms with Crippen molar-refractivity contribution in [1.82, 2.24) is 4.98 Å². The van der Waals surface area contributed by atoms with Gasteiger partial charge in [0.15, 0.2) is 11.5 Å². The van der Waals surface area contributed by atoms with Crippen LogP contribution in [0.2, 0.25) is 0 Å². The quantitative estimate of drug-likeness (QED) is 0.854. The van der Waals surface area contributed by atoms with Crippen molar-refractivity contribution in [1.29, 1.82) is 0 Å². The number of pyridine rings is 1. The third-order valence-corrected chi connectivity index (χ3v) is 4.33. The molecule has 1 aromatic carbocycles. The molecule has 0 bridgehead atoms. The number of hydrogen-bond acceptors (Lipinski definition) is 7. The van der Waals surface area contributed by atoms with Crippen molar-refractivity contribution in [3.05, 3.63) is 47.8 Å². The molecule has 1 aliphatic rings. The van der Waals surface area contributed by atoms with Gasteiger partial charge in [0.25, 0.3) is 5.91 Å². The molecular formula is C17H18N4O3S. The van der Waals surface area contributed by atoms with Gasteiger partial charge in [-0.05, 0) is 31.2 Å². The summed E-state index contributed by atoms with van der Waals surface area (Å²) >= 11 is 1.51. The molecule has 1 amide bonds. The molecule has 0 saturated heterocycles. The third kappa shape index (κ3) is 3.53. The second kappa shape index (κ2) is 7.43. The van der Waals surface area contributed by atoms with Gasteiger partial charge >= 0.3 is 0 Å². The molecular weight excluding hydrogens is 340 g/mol. The number of nitrogens with two attached hydrogens (primary N) is 1. The van der Waals surface area contributed by atoms with Crippen molar-refractivity contribution in [2.24, 2.45) is 10.8 Å². The zero-order valence-electron chi connectivity index (χ0n) is 13.9. The average molecular weight is 358 g/mol. The Morgan fingerprint density at radius 1 is 1.36 bits per heavy atom. The van der Waals surface area contributed by atoms with E-state index in [0.717, 1.165) is 5.69 Å². The van der Waals surface area contributed by atoms with Gasteiger partial charge in [-0.2, -0.15) is 5.10 Å². The Morgan fingerprint density at radius 2 is 2.20 bits per heavy atom. The minimum atomic E-state index is -0.551. The summed E-state index contributed by atoms with van der Waals surface area (Å²) in [5.74, 6) is 0.923. The molecule has 2 N–H and O–H groups in total. The normalized spacial score (nSPS) is 14.4. The number of anilines is 1. The molecule has 7 nitrogen and oxygen atoms in total. The van der Waals surface area contributed by atoms with E-state index in [4.69, 9.17) is 15.2 Å². The first-order chi connectivity index (χ1) is 12.1. The van der Waals surface area contributed by atoms with E-state index < -0.39 is 5.91 Å². The van der Waals surface area contributed by atoms with Crippen LogP contribution in [0.3, 0.4) is 0 Å². The topological polar surface area (TPSA) is 90.0 Å². The van der Waals surface area contributed by atoms with E-state index in [9.17, 15) is 4.79 Å². The number of carbonyl (C=O) groups excluding carboxylic acids is 1. The average Bonchev–Trinajstić information content (AvgIpc) is 3.16. The number of hydrazone groups is 1. The van der Waals surface area contributed by atoms with Crippen molar-refractivity contribution in [3.8, 4) is 11.5 Å². The Hall–Kier alpha value is -2.74. The molecule has 2 heterocycles. The number of amides is 1. The molecule has 8 heteroatoms. The fraction of sp³-hybridized carbons (Fsp3) is 0.235. The minimum Gasteiger partial charge on any atom is -0.491 e. The zero-order chi connectivity index (χ0) is 17.8. The summed E-state index contributed by atoms with van der Waals surface area (Å²) in [6.07, 6.45) is 1.42. The number of primary amides is 1. The SMILES string of the molecule is COc1c(OC(C)c2ccccn2)ccc(C(N)=O)c1N1CSC=N1. The summed E-state index contributed by atoms with van der Waals surface area (Å²) in [6.45, 7) is 1.90. The first-order valence-corrected chi connectivity index (χ1v) is 8.66. The van der Waals surface area contributed by atoms with Gasteiger partial charge in [0.05, 0.1) is 29.8 Å². The van der Waals surface area contributed by atoms with Crippen molar-refractivity contribution >= 4 is 28.9 Å². The van der Waals surface area contributed by atoms with Crippen LogP contribution in [0.25, 0.3) is 0 Å². The first kappa shape index (κ1) is 17.1. The van der Waals surface area contributed by atoms with E-state index in [1.807, 2.05) is 25.1 Å². The third-order valence-electron chi connectivity index (χ3n) is 3.69. The van der Waals surface area contributed by atoms with Gasteiger partial charge in [0, 0.05) is 6.20 Å². The molecule has 25 heavy (non-hydrogen) atoms. The predicted octanol–water partition coefficient (Wildman–Crippen LogP) is 2.78. The number of hydrogen-bond donors (Lipinski definition) is 1. The molecule has 130 valence electrons. The lowest BCUT2D eigenvalue weighted by Crippen LogP contribution is -2.20. The van der Waals surface area contributed by atoms with E-state index in [2.05, 4.69) is 10.1 Å². The minimum absolute atomic E-state index is 0.293. The van der Waals surface area contributed by atoms with E-state index in [1.54, 1.807) is 28.9 Å². The molecule has 1 atom stereocenters. The summed E-state index contributed by atoms with van der Waals surface area (Å²) in [7, 11) is 1.52. The maximum Gasteiger partial charge on any atom is 0.251 e. The second-order valence-corrected chi connectivity index (χ2v) is 6.09. The van der Waals surface area contributed by atoms with Gasteiger partial charge in [-0.25, -0.2) is 5.01 Å². The summed E-state index contributed by atoms with van der Waals surface area (Å²) in [5, 5.41) is 5.92. The molecule has 1 unspecified atom stereocenters. The van der Waals surface area contributed by atoms with Crippen LogP contribution < -0.4 is 20.2 Å². The van der Waals surface area contributed by atoms with E-state index >= 15 is 0 Å². The first-order valence-electron chi connectivity index (χ1n) is 7.61. The summed E-state index contributed by atoms with van der Waals surface area (Å²) in [4.78, 5) is 16.1. The zero-order valence-corrected chi connectivity index (χ0v) is 14.7.